The predicted molar refractivity (Wildman–Crippen MR) is 71.3 cm³/mol. The Morgan fingerprint density at radius 3 is 2.88 bits per heavy atom. The number of rotatable bonds is 6. The van der Waals surface area contributed by atoms with Crippen LogP contribution in [0.5, 0.6) is 11.5 Å². The molecule has 0 aliphatic heterocycles. The first kappa shape index (κ1) is 13.6. The van der Waals surface area contributed by atoms with Crippen molar-refractivity contribution in [3.8, 4) is 17.6 Å². The summed E-state index contributed by atoms with van der Waals surface area (Å²) >= 11 is 3.23. The summed E-state index contributed by atoms with van der Waals surface area (Å²) in [4.78, 5) is 1.79. The molecular weight excluding hydrogens is 282 g/mol. The Morgan fingerprint density at radius 1 is 1.41 bits per heavy atom. The quantitative estimate of drug-likeness (QED) is 0.751. The third-order valence-corrected chi connectivity index (χ3v) is 2.40. The maximum atomic E-state index is 8.43. The van der Waals surface area contributed by atoms with Gasteiger partial charge in [0.15, 0.2) is 11.5 Å². The van der Waals surface area contributed by atoms with Crippen molar-refractivity contribution >= 4 is 22.0 Å². The molecule has 17 heavy (non-hydrogen) atoms. The molecule has 0 unspecified atom stereocenters. The van der Waals surface area contributed by atoms with Gasteiger partial charge in [-0.2, -0.15) is 5.26 Å². The van der Waals surface area contributed by atoms with E-state index in [0.29, 0.717) is 24.5 Å². The minimum absolute atomic E-state index is 0.503. The fourth-order valence-corrected chi connectivity index (χ4v) is 1.62. The van der Waals surface area contributed by atoms with Crippen LogP contribution in [0.4, 0.5) is 0 Å². The first-order valence-electron chi connectivity index (χ1n) is 5.26. The highest BCUT2D eigenvalue weighted by Gasteiger charge is 2.04. The largest absolute Gasteiger partial charge is 0.493 e. The maximum Gasteiger partial charge on any atom is 0.161 e. The molecular formula is C13H14BrNO2. The number of ether oxygens (including phenoxy) is 2. The second kappa shape index (κ2) is 7.75. The number of hydrogen-bond donors (Lipinski definition) is 0. The van der Waals surface area contributed by atoms with Gasteiger partial charge in [-0.05, 0) is 35.2 Å². The molecule has 0 aliphatic carbocycles. The van der Waals surface area contributed by atoms with E-state index in [0.717, 1.165) is 12.0 Å². The molecule has 0 fully saturated rings. The van der Waals surface area contributed by atoms with Gasteiger partial charge < -0.3 is 9.47 Å². The van der Waals surface area contributed by atoms with E-state index in [2.05, 4.69) is 22.0 Å². The van der Waals surface area contributed by atoms with Crippen LogP contribution in [-0.4, -0.2) is 13.7 Å². The van der Waals surface area contributed by atoms with Gasteiger partial charge in [0.2, 0.25) is 0 Å². The third-order valence-electron chi connectivity index (χ3n) is 2.13. The van der Waals surface area contributed by atoms with Crippen molar-refractivity contribution in [1.29, 1.82) is 5.26 Å². The molecule has 0 saturated carbocycles. The standard InChI is InChI=1S/C13H14BrNO2/c1-16-12-5-4-11(6-7-14)10-13(12)17-9-3-2-8-15/h4-7,10H,2-3,9H2,1H3/b7-6+. The number of hydrogen-bond acceptors (Lipinski definition) is 3. The smallest absolute Gasteiger partial charge is 0.161 e. The van der Waals surface area contributed by atoms with Gasteiger partial charge in [-0.25, -0.2) is 0 Å². The zero-order valence-corrected chi connectivity index (χ0v) is 11.2. The first-order valence-corrected chi connectivity index (χ1v) is 6.18. The van der Waals surface area contributed by atoms with Gasteiger partial charge in [-0.1, -0.05) is 22.0 Å². The number of methoxy groups -OCH3 is 1. The molecule has 90 valence electrons. The molecule has 0 aromatic heterocycles. The molecule has 0 radical (unpaired) electrons. The second-order valence-electron chi connectivity index (χ2n) is 3.31. The summed E-state index contributed by atoms with van der Waals surface area (Å²) in [5.41, 5.74) is 1.03. The predicted octanol–water partition coefficient (Wildman–Crippen LogP) is 3.74. The highest BCUT2D eigenvalue weighted by molar-refractivity contribution is 9.11. The van der Waals surface area contributed by atoms with E-state index in [4.69, 9.17) is 14.7 Å². The zero-order valence-electron chi connectivity index (χ0n) is 9.65. The Balaban J connectivity index is 2.72. The van der Waals surface area contributed by atoms with Crippen molar-refractivity contribution in [3.05, 3.63) is 28.7 Å². The SMILES string of the molecule is COc1ccc(/C=C/Br)cc1OCCCC#N. The molecule has 0 N–H and O–H groups in total. The van der Waals surface area contributed by atoms with Gasteiger partial charge in [0.05, 0.1) is 19.8 Å². The molecule has 1 aromatic carbocycles. The van der Waals surface area contributed by atoms with E-state index in [1.807, 2.05) is 24.3 Å². The minimum atomic E-state index is 0.503. The summed E-state index contributed by atoms with van der Waals surface area (Å²) in [5.74, 6) is 1.40. The average Bonchev–Trinajstić information content (AvgIpc) is 2.35. The molecule has 1 rings (SSSR count). The fourth-order valence-electron chi connectivity index (χ4n) is 1.32. The number of nitrogens with zero attached hydrogens (tertiary/aromatic N) is 1. The van der Waals surface area contributed by atoms with Crippen LogP contribution in [0.15, 0.2) is 23.2 Å². The van der Waals surface area contributed by atoms with Crippen LogP contribution in [0.1, 0.15) is 18.4 Å². The van der Waals surface area contributed by atoms with Crippen LogP contribution in [-0.2, 0) is 0 Å². The number of unbranched alkanes of at least 4 members (excludes halogenated alkanes) is 1. The number of halogens is 1. The number of nitriles is 1. The van der Waals surface area contributed by atoms with Crippen molar-refractivity contribution < 1.29 is 9.47 Å². The van der Waals surface area contributed by atoms with E-state index in [1.165, 1.54) is 0 Å². The molecule has 1 aromatic rings. The van der Waals surface area contributed by atoms with Crippen LogP contribution in [0.25, 0.3) is 6.08 Å². The van der Waals surface area contributed by atoms with E-state index >= 15 is 0 Å². The summed E-state index contributed by atoms with van der Waals surface area (Å²) in [6.07, 6.45) is 3.14. The molecule has 0 amide bonds. The lowest BCUT2D eigenvalue weighted by Gasteiger charge is -2.10. The molecule has 0 spiro atoms. The monoisotopic (exact) mass is 295 g/mol. The van der Waals surface area contributed by atoms with Crippen molar-refractivity contribution in [1.82, 2.24) is 0 Å². The normalized spacial score (nSPS) is 10.2. The molecule has 0 bridgehead atoms. The molecule has 0 heterocycles. The second-order valence-corrected chi connectivity index (χ2v) is 3.84. The molecule has 3 nitrogen and oxygen atoms in total. The highest BCUT2D eigenvalue weighted by atomic mass is 79.9. The highest BCUT2D eigenvalue weighted by Crippen LogP contribution is 2.28. The van der Waals surface area contributed by atoms with Gasteiger partial charge >= 0.3 is 0 Å². The van der Waals surface area contributed by atoms with Crippen molar-refractivity contribution in [2.24, 2.45) is 0 Å². The minimum Gasteiger partial charge on any atom is -0.493 e. The van der Waals surface area contributed by atoms with Gasteiger partial charge in [-0.15, -0.1) is 0 Å². The molecule has 0 aliphatic rings. The van der Waals surface area contributed by atoms with Crippen LogP contribution >= 0.6 is 15.9 Å². The van der Waals surface area contributed by atoms with E-state index in [9.17, 15) is 0 Å². The lowest BCUT2D eigenvalue weighted by Crippen LogP contribution is -1.99. The summed E-state index contributed by atoms with van der Waals surface area (Å²) < 4.78 is 10.8. The summed E-state index contributed by atoms with van der Waals surface area (Å²) in [6.45, 7) is 0.519. The van der Waals surface area contributed by atoms with Gasteiger partial charge in [-0.3, -0.25) is 0 Å². The molecule has 0 saturated heterocycles. The zero-order chi connectivity index (χ0) is 12.5. The lowest BCUT2D eigenvalue weighted by atomic mass is 10.2. The van der Waals surface area contributed by atoms with Gasteiger partial charge in [0.25, 0.3) is 0 Å². The van der Waals surface area contributed by atoms with E-state index < -0.39 is 0 Å². The van der Waals surface area contributed by atoms with Crippen LogP contribution in [0.2, 0.25) is 0 Å². The van der Waals surface area contributed by atoms with Crippen molar-refractivity contribution in [3.63, 3.8) is 0 Å². The van der Waals surface area contributed by atoms with Crippen LogP contribution in [0.3, 0.4) is 0 Å². The molecule has 4 heteroatoms. The Bertz CT molecular complexity index is 424. The van der Waals surface area contributed by atoms with Crippen LogP contribution in [0, 0.1) is 11.3 Å². The summed E-state index contributed by atoms with van der Waals surface area (Å²) in [5, 5.41) is 8.43. The summed E-state index contributed by atoms with van der Waals surface area (Å²) in [6, 6.07) is 7.80. The lowest BCUT2D eigenvalue weighted by molar-refractivity contribution is 0.290. The Kier molecular flexibility index (Phi) is 6.19. The van der Waals surface area contributed by atoms with Crippen LogP contribution < -0.4 is 9.47 Å². The van der Waals surface area contributed by atoms with Gasteiger partial charge in [0, 0.05) is 6.42 Å². The maximum absolute atomic E-state index is 8.43. The first-order chi connectivity index (χ1) is 8.31. The van der Waals surface area contributed by atoms with E-state index in [1.54, 1.807) is 12.1 Å². The Labute approximate surface area is 110 Å². The van der Waals surface area contributed by atoms with Gasteiger partial charge in [0.1, 0.15) is 0 Å². The van der Waals surface area contributed by atoms with Crippen molar-refractivity contribution in [2.75, 3.05) is 13.7 Å². The fraction of sp³-hybridized carbons (Fsp3) is 0.308. The molecule has 0 atom stereocenters. The van der Waals surface area contributed by atoms with E-state index in [-0.39, 0.29) is 0 Å². The number of benzene rings is 1. The topological polar surface area (TPSA) is 42.2 Å². The Hall–Kier alpha value is -1.47. The Morgan fingerprint density at radius 2 is 2.24 bits per heavy atom. The third kappa shape index (κ3) is 4.49. The van der Waals surface area contributed by atoms with Crippen molar-refractivity contribution in [2.45, 2.75) is 12.8 Å². The summed E-state index contributed by atoms with van der Waals surface area (Å²) in [7, 11) is 1.61. The average molecular weight is 296 g/mol.